The van der Waals surface area contributed by atoms with Crippen LogP contribution >= 0.6 is 0 Å². The lowest BCUT2D eigenvalue weighted by molar-refractivity contribution is 0.0800. The quantitative estimate of drug-likeness (QED) is 0.658. The Kier molecular flexibility index (Phi) is 5.46. The maximum absolute atomic E-state index is 11.9. The molecular weight excluding hydrogens is 270 g/mol. The van der Waals surface area contributed by atoms with E-state index in [2.05, 4.69) is 5.32 Å². The number of amides is 1. The van der Waals surface area contributed by atoms with Gasteiger partial charge in [0.25, 0.3) is 5.91 Å². The van der Waals surface area contributed by atoms with Crippen molar-refractivity contribution < 1.29 is 23.4 Å². The molecule has 1 amide bonds. The van der Waals surface area contributed by atoms with Crippen LogP contribution in [0.5, 0.6) is 0 Å². The minimum Gasteiger partial charge on any atom is -0.394 e. The summed E-state index contributed by atoms with van der Waals surface area (Å²) in [6.45, 7) is 0.880. The highest BCUT2D eigenvalue weighted by molar-refractivity contribution is 7.91. The molecule has 0 saturated heterocycles. The molecule has 1 atom stereocenters. The van der Waals surface area contributed by atoms with Gasteiger partial charge in [-0.05, 0) is 12.1 Å². The zero-order chi connectivity index (χ0) is 14.5. The van der Waals surface area contributed by atoms with Crippen LogP contribution in [-0.2, 0) is 9.84 Å². The summed E-state index contributed by atoms with van der Waals surface area (Å²) >= 11 is 0. The zero-order valence-corrected chi connectivity index (χ0v) is 11.4. The van der Waals surface area contributed by atoms with E-state index >= 15 is 0 Å². The first-order valence-electron chi connectivity index (χ1n) is 5.81. The molecule has 19 heavy (non-hydrogen) atoms. The SMILES string of the molecule is CCS(=O)(=O)c1ccccc1C(=O)NCC(O)CO. The number of sulfone groups is 1. The molecule has 7 heteroatoms. The van der Waals surface area contributed by atoms with E-state index in [1.54, 1.807) is 12.1 Å². The second-order valence-corrected chi connectivity index (χ2v) is 6.19. The number of carbonyl (C=O) groups excluding carboxylic acids is 1. The van der Waals surface area contributed by atoms with Gasteiger partial charge in [-0.25, -0.2) is 8.42 Å². The van der Waals surface area contributed by atoms with Crippen molar-refractivity contribution in [2.45, 2.75) is 17.9 Å². The fourth-order valence-electron chi connectivity index (χ4n) is 1.45. The number of aliphatic hydroxyl groups excluding tert-OH is 2. The molecule has 0 aliphatic rings. The highest BCUT2D eigenvalue weighted by atomic mass is 32.2. The summed E-state index contributed by atoms with van der Waals surface area (Å²) < 4.78 is 23.7. The number of rotatable bonds is 6. The average Bonchev–Trinajstić information content (AvgIpc) is 2.44. The monoisotopic (exact) mass is 287 g/mol. The van der Waals surface area contributed by atoms with E-state index < -0.39 is 28.5 Å². The van der Waals surface area contributed by atoms with Gasteiger partial charge >= 0.3 is 0 Å². The number of carbonyl (C=O) groups is 1. The molecule has 0 aliphatic carbocycles. The summed E-state index contributed by atoms with van der Waals surface area (Å²) in [5.74, 6) is -0.698. The summed E-state index contributed by atoms with van der Waals surface area (Å²) in [7, 11) is -3.49. The normalized spacial score (nSPS) is 13.0. The van der Waals surface area contributed by atoms with E-state index in [4.69, 9.17) is 10.2 Å². The molecule has 0 heterocycles. The molecule has 1 unspecified atom stereocenters. The van der Waals surface area contributed by atoms with Crippen LogP contribution in [-0.4, -0.2) is 49.5 Å². The lowest BCUT2D eigenvalue weighted by Gasteiger charge is -2.11. The molecule has 0 saturated carbocycles. The van der Waals surface area contributed by atoms with E-state index in [-0.39, 0.29) is 22.8 Å². The first kappa shape index (κ1) is 15.6. The van der Waals surface area contributed by atoms with E-state index in [9.17, 15) is 13.2 Å². The Hall–Kier alpha value is -1.44. The van der Waals surface area contributed by atoms with Crippen molar-refractivity contribution in [3.63, 3.8) is 0 Å². The van der Waals surface area contributed by atoms with Crippen LogP contribution in [0, 0.1) is 0 Å². The summed E-state index contributed by atoms with van der Waals surface area (Å²) in [5.41, 5.74) is 0.0366. The number of nitrogens with one attached hydrogen (secondary N) is 1. The molecule has 0 fully saturated rings. The lowest BCUT2D eigenvalue weighted by atomic mass is 10.2. The van der Waals surface area contributed by atoms with Gasteiger partial charge in [-0.1, -0.05) is 19.1 Å². The van der Waals surface area contributed by atoms with E-state index in [0.29, 0.717) is 0 Å². The summed E-state index contributed by atoms with van der Waals surface area (Å²) in [5, 5.41) is 20.2. The smallest absolute Gasteiger partial charge is 0.252 e. The van der Waals surface area contributed by atoms with Crippen molar-refractivity contribution in [1.82, 2.24) is 5.32 Å². The molecule has 0 aromatic heterocycles. The maximum Gasteiger partial charge on any atom is 0.252 e. The van der Waals surface area contributed by atoms with Crippen molar-refractivity contribution in [3.05, 3.63) is 29.8 Å². The van der Waals surface area contributed by atoms with Crippen LogP contribution < -0.4 is 5.32 Å². The third-order valence-electron chi connectivity index (χ3n) is 2.56. The molecule has 0 aliphatic heterocycles. The number of hydrogen-bond donors (Lipinski definition) is 3. The molecule has 0 radical (unpaired) electrons. The Morgan fingerprint density at radius 2 is 2.00 bits per heavy atom. The van der Waals surface area contributed by atoms with E-state index in [1.165, 1.54) is 19.1 Å². The van der Waals surface area contributed by atoms with Gasteiger partial charge in [0.2, 0.25) is 0 Å². The van der Waals surface area contributed by atoms with E-state index in [1.807, 2.05) is 0 Å². The van der Waals surface area contributed by atoms with Crippen LogP contribution in [0.2, 0.25) is 0 Å². The van der Waals surface area contributed by atoms with Crippen molar-refractivity contribution in [2.24, 2.45) is 0 Å². The summed E-state index contributed by atoms with van der Waals surface area (Å²) in [4.78, 5) is 11.8. The Morgan fingerprint density at radius 3 is 2.58 bits per heavy atom. The molecule has 3 N–H and O–H groups in total. The number of hydrogen-bond acceptors (Lipinski definition) is 5. The predicted molar refractivity (Wildman–Crippen MR) is 69.6 cm³/mol. The molecule has 1 aromatic rings. The Balaban J connectivity index is 2.98. The van der Waals surface area contributed by atoms with Crippen molar-refractivity contribution in [3.8, 4) is 0 Å². The van der Waals surface area contributed by atoms with Gasteiger partial charge in [-0.15, -0.1) is 0 Å². The largest absolute Gasteiger partial charge is 0.394 e. The maximum atomic E-state index is 11.9. The van der Waals surface area contributed by atoms with Gasteiger partial charge in [0.1, 0.15) is 0 Å². The van der Waals surface area contributed by atoms with Crippen LogP contribution in [0.1, 0.15) is 17.3 Å². The van der Waals surface area contributed by atoms with Gasteiger partial charge in [0.15, 0.2) is 9.84 Å². The minimum atomic E-state index is -3.49. The first-order chi connectivity index (χ1) is 8.92. The second kappa shape index (κ2) is 6.65. The van der Waals surface area contributed by atoms with Crippen LogP contribution in [0.15, 0.2) is 29.2 Å². The number of benzene rings is 1. The lowest BCUT2D eigenvalue weighted by Crippen LogP contribution is -2.34. The van der Waals surface area contributed by atoms with Gasteiger partial charge in [0.05, 0.1) is 28.9 Å². The fourth-order valence-corrected chi connectivity index (χ4v) is 2.54. The van der Waals surface area contributed by atoms with Gasteiger partial charge in [-0.2, -0.15) is 0 Å². The standard InChI is InChI=1S/C12H17NO5S/c1-2-19(17,18)11-6-4-3-5-10(11)12(16)13-7-9(15)8-14/h3-6,9,14-15H,2,7-8H2,1H3,(H,13,16). The Bertz CT molecular complexity index is 541. The highest BCUT2D eigenvalue weighted by Gasteiger charge is 2.20. The highest BCUT2D eigenvalue weighted by Crippen LogP contribution is 2.16. The third-order valence-corrected chi connectivity index (χ3v) is 4.34. The molecule has 106 valence electrons. The summed E-state index contributed by atoms with van der Waals surface area (Å²) in [6.07, 6.45) is -1.07. The number of aliphatic hydroxyl groups is 2. The Labute approximate surface area is 112 Å². The summed E-state index contributed by atoms with van der Waals surface area (Å²) in [6, 6.07) is 5.88. The molecule has 6 nitrogen and oxygen atoms in total. The fraction of sp³-hybridized carbons (Fsp3) is 0.417. The third kappa shape index (κ3) is 4.02. The zero-order valence-electron chi connectivity index (χ0n) is 10.5. The van der Waals surface area contributed by atoms with Gasteiger partial charge < -0.3 is 15.5 Å². The second-order valence-electron chi connectivity index (χ2n) is 3.95. The minimum absolute atomic E-state index is 0.0338. The first-order valence-corrected chi connectivity index (χ1v) is 7.46. The van der Waals surface area contributed by atoms with Crippen LogP contribution in [0.4, 0.5) is 0 Å². The molecule has 0 bridgehead atoms. The van der Waals surface area contributed by atoms with Crippen molar-refractivity contribution in [2.75, 3.05) is 18.9 Å². The van der Waals surface area contributed by atoms with Crippen molar-refractivity contribution in [1.29, 1.82) is 0 Å². The molecule has 1 rings (SSSR count). The van der Waals surface area contributed by atoms with E-state index in [0.717, 1.165) is 0 Å². The average molecular weight is 287 g/mol. The molecular formula is C12H17NO5S. The van der Waals surface area contributed by atoms with Crippen LogP contribution in [0.3, 0.4) is 0 Å². The molecule has 1 aromatic carbocycles. The van der Waals surface area contributed by atoms with Crippen LogP contribution in [0.25, 0.3) is 0 Å². The molecule has 0 spiro atoms. The predicted octanol–water partition coefficient (Wildman–Crippen LogP) is -0.437. The van der Waals surface area contributed by atoms with Gasteiger partial charge in [-0.3, -0.25) is 4.79 Å². The van der Waals surface area contributed by atoms with Crippen molar-refractivity contribution >= 4 is 15.7 Å². The van der Waals surface area contributed by atoms with Gasteiger partial charge in [0, 0.05) is 6.54 Å². The Morgan fingerprint density at radius 1 is 1.37 bits per heavy atom. The topological polar surface area (TPSA) is 104 Å².